The second-order valence-electron chi connectivity index (χ2n) is 9.29. The standard InChI is InChI=1S/C32H23ClN3O3S/c33-29-15-22(20-11-13-34-16-20)14-23(30(29)40-31-21(18-37)6-5-12-35-31)17-36-32(38)39-19-28-26-9-3-1-7-24(26)25-8-2-4-10-27(25)28/h1-16,18,28H,17,19H2,(H,36,38)/q-1. The minimum absolute atomic E-state index is 0.0298. The van der Waals surface area contributed by atoms with E-state index in [1.165, 1.54) is 22.9 Å². The fraction of sp³-hybridized carbons (Fsp3) is 0.0938. The average Bonchev–Trinajstić information content (AvgIpc) is 3.64. The fourth-order valence-electron chi connectivity index (χ4n) is 5.01. The van der Waals surface area contributed by atoms with Gasteiger partial charge in [-0.25, -0.2) is 9.78 Å². The lowest BCUT2D eigenvalue weighted by molar-refractivity contribution is 0.112. The van der Waals surface area contributed by atoms with Gasteiger partial charge < -0.3 is 15.0 Å². The molecule has 0 fully saturated rings. The lowest BCUT2D eigenvalue weighted by Crippen LogP contribution is -2.26. The van der Waals surface area contributed by atoms with E-state index < -0.39 is 6.09 Å². The Labute approximate surface area is 240 Å². The van der Waals surface area contributed by atoms with Crippen molar-refractivity contribution in [2.24, 2.45) is 0 Å². The quantitative estimate of drug-likeness (QED) is 0.198. The number of carbonyl (C=O) groups is 2. The van der Waals surface area contributed by atoms with Crippen molar-refractivity contribution in [1.29, 1.82) is 0 Å². The summed E-state index contributed by atoms with van der Waals surface area (Å²) in [5.74, 6) is -0.0298. The Morgan fingerprint density at radius 2 is 1.75 bits per heavy atom. The van der Waals surface area contributed by atoms with Crippen molar-refractivity contribution in [1.82, 2.24) is 15.3 Å². The molecule has 2 heterocycles. The van der Waals surface area contributed by atoms with Gasteiger partial charge >= 0.3 is 6.09 Å². The van der Waals surface area contributed by atoms with E-state index in [0.29, 0.717) is 20.5 Å². The Bertz CT molecular complexity index is 1660. The highest BCUT2D eigenvalue weighted by Gasteiger charge is 2.29. The van der Waals surface area contributed by atoms with Gasteiger partial charge in [0.2, 0.25) is 0 Å². The maximum absolute atomic E-state index is 12.9. The van der Waals surface area contributed by atoms with Gasteiger partial charge in [-0.05, 0) is 63.2 Å². The molecule has 0 spiro atoms. The number of carbonyl (C=O) groups excluding carboxylic acids is 2. The molecule has 0 aliphatic heterocycles. The summed E-state index contributed by atoms with van der Waals surface area (Å²) in [6, 6.07) is 25.5. The number of hydrogen-bond acceptors (Lipinski definition) is 5. The molecule has 0 atom stereocenters. The van der Waals surface area contributed by atoms with Crippen LogP contribution in [0.15, 0.2) is 107 Å². The summed E-state index contributed by atoms with van der Waals surface area (Å²) in [5.41, 5.74) is 7.66. The maximum atomic E-state index is 12.9. The number of amides is 1. The zero-order chi connectivity index (χ0) is 27.5. The molecule has 8 heteroatoms. The second-order valence-corrected chi connectivity index (χ2v) is 10.7. The molecular formula is C32H23ClN3O3S-. The first kappa shape index (κ1) is 25.9. The molecule has 198 valence electrons. The van der Waals surface area contributed by atoms with Crippen LogP contribution in [-0.2, 0) is 11.3 Å². The van der Waals surface area contributed by atoms with Crippen molar-refractivity contribution in [3.05, 3.63) is 125 Å². The number of halogens is 1. The lowest BCUT2D eigenvalue weighted by atomic mass is 9.98. The second kappa shape index (κ2) is 11.4. The van der Waals surface area contributed by atoms with Crippen LogP contribution < -0.4 is 10.3 Å². The van der Waals surface area contributed by atoms with Crippen molar-refractivity contribution < 1.29 is 14.3 Å². The molecule has 0 radical (unpaired) electrons. The largest absolute Gasteiger partial charge is 0.670 e. The van der Waals surface area contributed by atoms with E-state index in [0.717, 1.165) is 34.1 Å². The summed E-state index contributed by atoms with van der Waals surface area (Å²) in [7, 11) is 0. The first-order valence-corrected chi connectivity index (χ1v) is 13.9. The molecule has 0 unspecified atom stereocenters. The van der Waals surface area contributed by atoms with Gasteiger partial charge in [-0.1, -0.05) is 78.0 Å². The molecule has 1 aliphatic carbocycles. The SMILES string of the molecule is O=Cc1cccnc1Sc1c(Cl)cc(-c2cc[n-]c2)cc1CNC(=O)OCC1c2ccccc2-c2ccccc21. The summed E-state index contributed by atoms with van der Waals surface area (Å²) in [4.78, 5) is 33.7. The van der Waals surface area contributed by atoms with Crippen LogP contribution in [0, 0.1) is 0 Å². The van der Waals surface area contributed by atoms with Crippen molar-refractivity contribution in [2.75, 3.05) is 6.61 Å². The average molecular weight is 565 g/mol. The molecule has 0 bridgehead atoms. The molecule has 6 nitrogen and oxygen atoms in total. The van der Waals surface area contributed by atoms with Crippen molar-refractivity contribution in [3.63, 3.8) is 0 Å². The third kappa shape index (κ3) is 5.13. The number of alkyl carbamates (subject to hydrolysis) is 1. The maximum Gasteiger partial charge on any atom is 0.407 e. The van der Waals surface area contributed by atoms with E-state index in [9.17, 15) is 9.59 Å². The molecule has 6 rings (SSSR count). The van der Waals surface area contributed by atoms with Crippen molar-refractivity contribution in [3.8, 4) is 22.3 Å². The molecule has 1 amide bonds. The van der Waals surface area contributed by atoms with Gasteiger partial charge in [-0.2, -0.15) is 12.4 Å². The molecule has 3 aromatic carbocycles. The van der Waals surface area contributed by atoms with Crippen LogP contribution in [-0.4, -0.2) is 24.0 Å². The summed E-state index contributed by atoms with van der Waals surface area (Å²) in [6.07, 6.45) is 5.33. The minimum Gasteiger partial charge on any atom is -0.670 e. The van der Waals surface area contributed by atoms with Gasteiger partial charge in [0, 0.05) is 29.1 Å². The minimum atomic E-state index is -0.527. The van der Waals surface area contributed by atoms with E-state index in [1.54, 1.807) is 30.7 Å². The van der Waals surface area contributed by atoms with Crippen LogP contribution in [0.5, 0.6) is 0 Å². The van der Waals surface area contributed by atoms with Crippen LogP contribution in [0.1, 0.15) is 33.0 Å². The number of aldehydes is 1. The van der Waals surface area contributed by atoms with E-state index in [2.05, 4.69) is 39.6 Å². The first-order valence-electron chi connectivity index (χ1n) is 12.7. The Morgan fingerprint density at radius 3 is 2.45 bits per heavy atom. The number of hydrogen-bond donors (Lipinski definition) is 1. The van der Waals surface area contributed by atoms with Crippen LogP contribution in [0.3, 0.4) is 0 Å². The Hall–Kier alpha value is -4.33. The smallest absolute Gasteiger partial charge is 0.407 e. The number of ether oxygens (including phenoxy) is 1. The van der Waals surface area contributed by atoms with Crippen LogP contribution in [0.4, 0.5) is 4.79 Å². The monoisotopic (exact) mass is 564 g/mol. The molecule has 0 saturated heterocycles. The summed E-state index contributed by atoms with van der Waals surface area (Å²) >= 11 is 8.04. The number of nitrogens with zero attached hydrogens (tertiary/aromatic N) is 2. The molecule has 2 aromatic heterocycles. The molecular weight excluding hydrogens is 542 g/mol. The summed E-state index contributed by atoms with van der Waals surface area (Å²) in [5, 5.41) is 3.90. The highest BCUT2D eigenvalue weighted by atomic mass is 35.5. The zero-order valence-corrected chi connectivity index (χ0v) is 22.8. The van der Waals surface area contributed by atoms with Crippen LogP contribution in [0.2, 0.25) is 5.02 Å². The van der Waals surface area contributed by atoms with Crippen molar-refractivity contribution in [2.45, 2.75) is 22.4 Å². The summed E-state index contributed by atoms with van der Waals surface area (Å²) < 4.78 is 5.73. The van der Waals surface area contributed by atoms with E-state index in [4.69, 9.17) is 16.3 Å². The van der Waals surface area contributed by atoms with Crippen LogP contribution >= 0.6 is 23.4 Å². The number of nitrogens with one attached hydrogen (secondary N) is 1. The van der Waals surface area contributed by atoms with Gasteiger partial charge in [0.25, 0.3) is 0 Å². The zero-order valence-electron chi connectivity index (χ0n) is 21.2. The highest BCUT2D eigenvalue weighted by molar-refractivity contribution is 7.99. The number of benzene rings is 3. The van der Waals surface area contributed by atoms with Gasteiger partial charge in [0.05, 0.1) is 5.02 Å². The third-order valence-corrected chi connectivity index (χ3v) is 8.53. The number of rotatable bonds is 8. The fourth-order valence-corrected chi connectivity index (χ4v) is 6.33. The Balaban J connectivity index is 1.22. The Kier molecular flexibility index (Phi) is 7.40. The van der Waals surface area contributed by atoms with Gasteiger partial charge in [0.1, 0.15) is 11.6 Å². The van der Waals surface area contributed by atoms with Crippen LogP contribution in [0.25, 0.3) is 22.3 Å². The molecule has 40 heavy (non-hydrogen) atoms. The number of fused-ring (bicyclic) bond motifs is 3. The molecule has 1 aliphatic rings. The molecule has 1 N–H and O–H groups in total. The lowest BCUT2D eigenvalue weighted by Gasteiger charge is -2.17. The summed E-state index contributed by atoms with van der Waals surface area (Å²) in [6.45, 7) is 0.391. The topological polar surface area (TPSA) is 82.4 Å². The van der Waals surface area contributed by atoms with Gasteiger partial charge in [0.15, 0.2) is 6.29 Å². The van der Waals surface area contributed by atoms with E-state index in [-0.39, 0.29) is 19.1 Å². The van der Waals surface area contributed by atoms with E-state index in [1.807, 2.05) is 42.5 Å². The Morgan fingerprint density at radius 1 is 1.00 bits per heavy atom. The van der Waals surface area contributed by atoms with E-state index >= 15 is 0 Å². The first-order chi connectivity index (χ1) is 19.6. The van der Waals surface area contributed by atoms with Gasteiger partial charge in [-0.3, -0.25) is 4.79 Å². The number of pyridine rings is 1. The predicted molar refractivity (Wildman–Crippen MR) is 156 cm³/mol. The number of aromatic nitrogens is 2. The molecule has 5 aromatic rings. The predicted octanol–water partition coefficient (Wildman–Crippen LogP) is 7.36. The van der Waals surface area contributed by atoms with Gasteiger partial charge in [-0.15, -0.1) is 0 Å². The van der Waals surface area contributed by atoms with Crippen molar-refractivity contribution >= 4 is 35.7 Å². The normalized spacial score (nSPS) is 12.0. The highest BCUT2D eigenvalue weighted by Crippen LogP contribution is 2.44. The molecule has 0 saturated carbocycles. The third-order valence-electron chi connectivity index (χ3n) is 6.90.